The zero-order valence-electron chi connectivity index (χ0n) is 11.0. The van der Waals surface area contributed by atoms with E-state index < -0.39 is 18.4 Å². The maximum absolute atomic E-state index is 12.0. The van der Waals surface area contributed by atoms with Crippen molar-refractivity contribution in [3.63, 3.8) is 0 Å². The first-order valence-corrected chi connectivity index (χ1v) is 7.10. The van der Waals surface area contributed by atoms with Gasteiger partial charge in [0.05, 0.1) is 12.0 Å². The number of methoxy groups -OCH3 is 1. The van der Waals surface area contributed by atoms with Gasteiger partial charge in [-0.15, -0.1) is 0 Å². The van der Waals surface area contributed by atoms with Crippen molar-refractivity contribution in [2.75, 3.05) is 19.0 Å². The Bertz CT molecular complexity index is 636. The molecule has 1 saturated heterocycles. The van der Waals surface area contributed by atoms with E-state index in [1.807, 2.05) is 12.1 Å². The van der Waals surface area contributed by atoms with E-state index in [1.165, 1.54) is 6.20 Å². The summed E-state index contributed by atoms with van der Waals surface area (Å²) in [5.41, 5.74) is 0.748. The second kappa shape index (κ2) is 8.54. The standard InChI is InChI=1S/C13H12N2O4S2.Na.H/c1-19-9-4-2-3-8(5-9)14-6-10-12(18)15(7-11(16)17)13(20)21-10;;/h2-6,14H,7H2,1H3,(H,16,17);;. The summed E-state index contributed by atoms with van der Waals surface area (Å²) in [7, 11) is 1.57. The van der Waals surface area contributed by atoms with E-state index in [0.717, 1.165) is 22.3 Å². The number of ether oxygens (including phenoxy) is 1. The average Bonchev–Trinajstić information content (AvgIpc) is 2.72. The van der Waals surface area contributed by atoms with Crippen LogP contribution in [-0.2, 0) is 9.59 Å². The third-order valence-corrected chi connectivity index (χ3v) is 3.98. The number of carboxylic acids is 1. The topological polar surface area (TPSA) is 78.9 Å². The number of benzene rings is 1. The first-order chi connectivity index (χ1) is 10.0. The summed E-state index contributed by atoms with van der Waals surface area (Å²) >= 11 is 6.06. The Balaban J connectivity index is 0.00000242. The molecule has 0 aromatic heterocycles. The van der Waals surface area contributed by atoms with Crippen LogP contribution in [0.15, 0.2) is 35.4 Å². The van der Waals surface area contributed by atoms with Crippen molar-refractivity contribution < 1.29 is 19.4 Å². The van der Waals surface area contributed by atoms with Crippen LogP contribution in [0.2, 0.25) is 0 Å². The number of carboxylic acid groups (broad SMARTS) is 1. The summed E-state index contributed by atoms with van der Waals surface area (Å²) in [5.74, 6) is -0.831. The minimum atomic E-state index is -1.10. The van der Waals surface area contributed by atoms with Gasteiger partial charge in [0.25, 0.3) is 5.91 Å². The van der Waals surface area contributed by atoms with Crippen LogP contribution < -0.4 is 10.1 Å². The second-order valence-corrected chi connectivity index (χ2v) is 5.71. The number of carbonyl (C=O) groups excluding carboxylic acids is 1. The predicted molar refractivity (Wildman–Crippen MR) is 91.4 cm³/mol. The van der Waals surface area contributed by atoms with Crippen LogP contribution >= 0.6 is 24.0 Å². The molecule has 22 heavy (non-hydrogen) atoms. The maximum atomic E-state index is 12.0. The molecule has 0 bridgehead atoms. The number of thiocarbonyl (C=S) groups is 1. The number of thioether (sulfide) groups is 1. The Labute approximate surface area is 159 Å². The number of anilines is 1. The molecule has 2 rings (SSSR count). The first kappa shape index (κ1) is 19.0. The number of hydrogen-bond donors (Lipinski definition) is 2. The zero-order valence-corrected chi connectivity index (χ0v) is 12.7. The summed E-state index contributed by atoms with van der Waals surface area (Å²) in [5, 5.41) is 11.7. The van der Waals surface area contributed by atoms with Crippen LogP contribution in [0.4, 0.5) is 5.69 Å². The van der Waals surface area contributed by atoms with Gasteiger partial charge in [-0.05, 0) is 12.1 Å². The van der Waals surface area contributed by atoms with Gasteiger partial charge < -0.3 is 15.2 Å². The molecule has 1 amide bonds. The van der Waals surface area contributed by atoms with Gasteiger partial charge in [0, 0.05) is 18.0 Å². The molecule has 1 heterocycles. The van der Waals surface area contributed by atoms with Crippen molar-refractivity contribution in [3.05, 3.63) is 35.4 Å². The van der Waals surface area contributed by atoms with E-state index >= 15 is 0 Å². The summed E-state index contributed by atoms with van der Waals surface area (Å²) in [6.45, 7) is -0.429. The molecule has 6 nitrogen and oxygen atoms in total. The van der Waals surface area contributed by atoms with Crippen LogP contribution in [0.5, 0.6) is 5.75 Å². The molecule has 1 aliphatic rings. The molecule has 2 N–H and O–H groups in total. The fourth-order valence-electron chi connectivity index (χ4n) is 1.63. The van der Waals surface area contributed by atoms with Gasteiger partial charge in [-0.1, -0.05) is 30.0 Å². The van der Waals surface area contributed by atoms with Gasteiger partial charge in [-0.2, -0.15) is 0 Å². The van der Waals surface area contributed by atoms with Gasteiger partial charge >= 0.3 is 35.5 Å². The van der Waals surface area contributed by atoms with Gasteiger partial charge in [-0.3, -0.25) is 14.5 Å². The SMILES string of the molecule is COc1cccc(NC=C2SC(=S)N(CC(=O)O)C2=O)c1.[NaH]. The first-order valence-electron chi connectivity index (χ1n) is 5.87. The molecule has 112 valence electrons. The Morgan fingerprint density at radius 2 is 2.27 bits per heavy atom. The second-order valence-electron chi connectivity index (χ2n) is 4.04. The molecule has 0 aliphatic carbocycles. The molecule has 0 unspecified atom stereocenters. The van der Waals surface area contributed by atoms with Crippen LogP contribution in [-0.4, -0.2) is 69.4 Å². The van der Waals surface area contributed by atoms with E-state index in [2.05, 4.69) is 5.32 Å². The third-order valence-electron chi connectivity index (χ3n) is 2.61. The van der Waals surface area contributed by atoms with Crippen molar-refractivity contribution in [2.45, 2.75) is 0 Å². The van der Waals surface area contributed by atoms with Crippen molar-refractivity contribution in [2.24, 2.45) is 0 Å². The Morgan fingerprint density at radius 3 is 2.91 bits per heavy atom. The van der Waals surface area contributed by atoms with Gasteiger partial charge in [0.1, 0.15) is 16.6 Å². The summed E-state index contributed by atoms with van der Waals surface area (Å²) in [4.78, 5) is 24.1. The van der Waals surface area contributed by atoms with E-state index in [9.17, 15) is 9.59 Å². The Morgan fingerprint density at radius 1 is 1.55 bits per heavy atom. The third kappa shape index (κ3) is 4.72. The van der Waals surface area contributed by atoms with E-state index in [4.69, 9.17) is 22.1 Å². The molecular formula is C13H13N2NaO4S2. The summed E-state index contributed by atoms with van der Waals surface area (Å²) in [6, 6.07) is 7.20. The molecule has 1 aromatic rings. The number of rotatable bonds is 5. The Hall–Kier alpha value is -1.06. The number of carbonyl (C=O) groups is 2. The van der Waals surface area contributed by atoms with Crippen LogP contribution in [0.25, 0.3) is 0 Å². The molecule has 0 radical (unpaired) electrons. The quantitative estimate of drug-likeness (QED) is 0.471. The monoisotopic (exact) mass is 348 g/mol. The molecule has 1 aliphatic heterocycles. The van der Waals surface area contributed by atoms with Crippen LogP contribution in [0.1, 0.15) is 0 Å². The van der Waals surface area contributed by atoms with Crippen molar-refractivity contribution in [1.82, 2.24) is 4.90 Å². The number of hydrogen-bond acceptors (Lipinski definition) is 6. The predicted octanol–water partition coefficient (Wildman–Crippen LogP) is 1.24. The normalized spacial score (nSPS) is 15.7. The van der Waals surface area contributed by atoms with E-state index in [0.29, 0.717) is 10.7 Å². The molecule has 0 spiro atoms. The van der Waals surface area contributed by atoms with E-state index in [-0.39, 0.29) is 33.9 Å². The molecule has 1 aromatic carbocycles. The fraction of sp³-hybridized carbons (Fsp3) is 0.154. The Kier molecular flexibility index (Phi) is 7.37. The number of nitrogens with zero attached hydrogens (tertiary/aromatic N) is 1. The molecule has 1 fully saturated rings. The zero-order chi connectivity index (χ0) is 15.4. The number of aliphatic carboxylic acids is 1. The van der Waals surface area contributed by atoms with Crippen molar-refractivity contribution >= 4 is 75.4 Å². The molecule has 9 heteroatoms. The summed E-state index contributed by atoms with van der Waals surface area (Å²) in [6.07, 6.45) is 1.51. The van der Waals surface area contributed by atoms with Crippen LogP contribution in [0.3, 0.4) is 0 Å². The molecule has 0 saturated carbocycles. The number of nitrogens with one attached hydrogen (secondary N) is 1. The van der Waals surface area contributed by atoms with E-state index in [1.54, 1.807) is 19.2 Å². The van der Waals surface area contributed by atoms with Crippen molar-refractivity contribution in [3.8, 4) is 5.75 Å². The molecular weight excluding hydrogens is 335 g/mol. The minimum absolute atomic E-state index is 0. The van der Waals surface area contributed by atoms with Crippen molar-refractivity contribution in [1.29, 1.82) is 0 Å². The summed E-state index contributed by atoms with van der Waals surface area (Å²) < 4.78 is 5.34. The van der Waals surface area contributed by atoms with Gasteiger partial charge in [-0.25, -0.2) is 0 Å². The van der Waals surface area contributed by atoms with Crippen LogP contribution in [0, 0.1) is 0 Å². The van der Waals surface area contributed by atoms with Gasteiger partial charge in [0.2, 0.25) is 0 Å². The number of amides is 1. The average molecular weight is 348 g/mol. The van der Waals surface area contributed by atoms with Gasteiger partial charge in [0.15, 0.2) is 0 Å². The molecule has 0 atom stereocenters. The fourth-order valence-corrected chi connectivity index (χ4v) is 2.81.